The molecule has 0 aliphatic heterocycles. The normalized spacial score (nSPS) is 12.2. The van der Waals surface area contributed by atoms with Crippen LogP contribution >= 0.6 is 0 Å². The molecule has 1 rings (SSSR count). The van der Waals surface area contributed by atoms with Gasteiger partial charge in [0.1, 0.15) is 11.7 Å². The van der Waals surface area contributed by atoms with Gasteiger partial charge in [-0.2, -0.15) is 5.10 Å². The Balaban J connectivity index is 2.90. The lowest BCUT2D eigenvalue weighted by atomic mass is 10.0. The van der Waals surface area contributed by atoms with Crippen molar-refractivity contribution in [2.24, 2.45) is 5.92 Å². The Hall–Kier alpha value is -2.05. The van der Waals surface area contributed by atoms with Gasteiger partial charge in [0.2, 0.25) is 0 Å². The number of nitrogens with two attached hydrogens (primary N) is 1. The van der Waals surface area contributed by atoms with Gasteiger partial charge in [0.25, 0.3) is 5.91 Å². The molecule has 7 heteroatoms. The maximum Gasteiger partial charge on any atom is 0.328 e. The molecule has 0 spiro atoms. The summed E-state index contributed by atoms with van der Waals surface area (Å²) in [6.07, 6.45) is 1.92. The first-order valence-corrected chi connectivity index (χ1v) is 6.60. The first-order chi connectivity index (χ1) is 9.40. The Labute approximate surface area is 118 Å². The first-order valence-electron chi connectivity index (χ1n) is 6.60. The van der Waals surface area contributed by atoms with Gasteiger partial charge in [0, 0.05) is 6.54 Å². The predicted octanol–water partition coefficient (Wildman–Crippen LogP) is 0.803. The standard InChI is InChI=1S/C13H22N4O3/c1-5-17-11(9(14)7-15-17)12(18)16-10(6-8(2)3)13(19)20-4/h7-8,10H,5-6,14H2,1-4H3,(H,16,18). The van der Waals surface area contributed by atoms with Crippen LogP contribution in [0.15, 0.2) is 6.20 Å². The van der Waals surface area contributed by atoms with E-state index in [9.17, 15) is 9.59 Å². The monoisotopic (exact) mass is 282 g/mol. The number of carbonyl (C=O) groups is 2. The van der Waals surface area contributed by atoms with Crippen LogP contribution < -0.4 is 11.1 Å². The Morgan fingerprint density at radius 1 is 1.50 bits per heavy atom. The number of nitrogens with zero attached hydrogens (tertiary/aromatic N) is 2. The van der Waals surface area contributed by atoms with Gasteiger partial charge in [-0.05, 0) is 19.3 Å². The van der Waals surface area contributed by atoms with Crippen LogP contribution in [-0.2, 0) is 16.1 Å². The summed E-state index contributed by atoms with van der Waals surface area (Å²) in [4.78, 5) is 24.0. The molecular formula is C13H22N4O3. The number of carbonyl (C=O) groups excluding carboxylic acids is 2. The van der Waals surface area contributed by atoms with E-state index in [0.29, 0.717) is 13.0 Å². The van der Waals surface area contributed by atoms with Gasteiger partial charge in [-0.1, -0.05) is 13.8 Å². The Morgan fingerprint density at radius 3 is 2.65 bits per heavy atom. The molecule has 0 fully saturated rings. The number of hydrogen-bond acceptors (Lipinski definition) is 5. The van der Waals surface area contributed by atoms with Crippen LogP contribution in [0.1, 0.15) is 37.7 Å². The van der Waals surface area contributed by atoms with E-state index in [1.807, 2.05) is 20.8 Å². The van der Waals surface area contributed by atoms with Crippen molar-refractivity contribution in [3.05, 3.63) is 11.9 Å². The van der Waals surface area contributed by atoms with Gasteiger partial charge >= 0.3 is 5.97 Å². The minimum Gasteiger partial charge on any atom is -0.467 e. The third-order valence-corrected chi connectivity index (χ3v) is 2.88. The molecule has 0 aliphatic carbocycles. The Kier molecular flexibility index (Phi) is 5.54. The fraction of sp³-hybridized carbons (Fsp3) is 0.615. The lowest BCUT2D eigenvalue weighted by Gasteiger charge is -2.18. The summed E-state index contributed by atoms with van der Waals surface area (Å²) in [7, 11) is 1.30. The van der Waals surface area contributed by atoms with E-state index in [4.69, 9.17) is 10.5 Å². The molecule has 0 radical (unpaired) electrons. The van der Waals surface area contributed by atoms with Gasteiger partial charge in [-0.15, -0.1) is 0 Å². The number of nitrogens with one attached hydrogen (secondary N) is 1. The van der Waals surface area contributed by atoms with Gasteiger partial charge in [0.05, 0.1) is 19.0 Å². The van der Waals surface area contributed by atoms with E-state index in [1.165, 1.54) is 18.0 Å². The number of rotatable bonds is 6. The van der Waals surface area contributed by atoms with E-state index >= 15 is 0 Å². The second-order valence-corrected chi connectivity index (χ2v) is 4.94. The number of esters is 1. The second kappa shape index (κ2) is 6.93. The summed E-state index contributed by atoms with van der Waals surface area (Å²) < 4.78 is 6.21. The van der Waals surface area contributed by atoms with Gasteiger partial charge in [0.15, 0.2) is 0 Å². The maximum atomic E-state index is 12.3. The lowest BCUT2D eigenvalue weighted by Crippen LogP contribution is -2.43. The number of hydrogen-bond donors (Lipinski definition) is 2. The maximum absolute atomic E-state index is 12.3. The van der Waals surface area contributed by atoms with Crippen molar-refractivity contribution >= 4 is 17.6 Å². The molecule has 1 aromatic rings. The number of ether oxygens (including phenoxy) is 1. The van der Waals surface area contributed by atoms with Crippen LogP contribution in [0.2, 0.25) is 0 Å². The average Bonchev–Trinajstić information content (AvgIpc) is 2.77. The highest BCUT2D eigenvalue weighted by Gasteiger charge is 2.25. The summed E-state index contributed by atoms with van der Waals surface area (Å²) in [5.74, 6) is -0.640. The molecule has 20 heavy (non-hydrogen) atoms. The summed E-state index contributed by atoms with van der Waals surface area (Å²) in [5, 5.41) is 6.67. The molecule has 3 N–H and O–H groups in total. The minimum atomic E-state index is -0.688. The van der Waals surface area contributed by atoms with Gasteiger partial charge in [-0.25, -0.2) is 4.79 Å². The second-order valence-electron chi connectivity index (χ2n) is 4.94. The highest BCUT2D eigenvalue weighted by molar-refractivity contribution is 5.99. The van der Waals surface area contributed by atoms with Gasteiger partial charge < -0.3 is 15.8 Å². The highest BCUT2D eigenvalue weighted by atomic mass is 16.5. The molecule has 0 saturated heterocycles. The van der Waals surface area contributed by atoms with Crippen molar-refractivity contribution in [3.63, 3.8) is 0 Å². The summed E-state index contributed by atoms with van der Waals surface area (Å²) in [5.41, 5.74) is 6.30. The molecule has 0 aromatic carbocycles. The molecule has 112 valence electrons. The number of nitrogen functional groups attached to an aromatic ring is 1. The van der Waals surface area contributed by atoms with Crippen molar-refractivity contribution < 1.29 is 14.3 Å². The number of aryl methyl sites for hydroxylation is 1. The molecule has 1 heterocycles. The van der Waals surface area contributed by atoms with Crippen molar-refractivity contribution in [2.75, 3.05) is 12.8 Å². The zero-order valence-electron chi connectivity index (χ0n) is 12.3. The van der Waals surface area contributed by atoms with E-state index in [2.05, 4.69) is 10.4 Å². The van der Waals surface area contributed by atoms with E-state index in [1.54, 1.807) is 0 Å². The number of methoxy groups -OCH3 is 1. The van der Waals surface area contributed by atoms with Crippen LogP contribution in [0, 0.1) is 5.92 Å². The average molecular weight is 282 g/mol. The van der Waals surface area contributed by atoms with Crippen LogP contribution in [-0.4, -0.2) is 34.8 Å². The molecular weight excluding hydrogens is 260 g/mol. The third-order valence-electron chi connectivity index (χ3n) is 2.88. The van der Waals surface area contributed by atoms with E-state index < -0.39 is 17.9 Å². The van der Waals surface area contributed by atoms with E-state index in [-0.39, 0.29) is 17.3 Å². The predicted molar refractivity (Wildman–Crippen MR) is 75.0 cm³/mol. The van der Waals surface area contributed by atoms with Crippen molar-refractivity contribution in [2.45, 2.75) is 39.8 Å². The molecule has 1 amide bonds. The SMILES string of the molecule is CCn1ncc(N)c1C(=O)NC(CC(C)C)C(=O)OC. The largest absolute Gasteiger partial charge is 0.467 e. The van der Waals surface area contributed by atoms with Crippen LogP contribution in [0.25, 0.3) is 0 Å². The fourth-order valence-electron chi connectivity index (χ4n) is 1.94. The number of amides is 1. The summed E-state index contributed by atoms with van der Waals surface area (Å²) in [6.45, 7) is 6.31. The van der Waals surface area contributed by atoms with Crippen LogP contribution in [0.4, 0.5) is 5.69 Å². The van der Waals surface area contributed by atoms with Crippen molar-refractivity contribution in [1.29, 1.82) is 0 Å². The Morgan fingerprint density at radius 2 is 2.15 bits per heavy atom. The molecule has 1 aromatic heterocycles. The van der Waals surface area contributed by atoms with Crippen LogP contribution in [0.5, 0.6) is 0 Å². The first kappa shape index (κ1) is 16.0. The minimum absolute atomic E-state index is 0.243. The van der Waals surface area contributed by atoms with Gasteiger partial charge in [-0.3, -0.25) is 9.48 Å². The highest BCUT2D eigenvalue weighted by Crippen LogP contribution is 2.12. The van der Waals surface area contributed by atoms with Crippen molar-refractivity contribution in [3.8, 4) is 0 Å². The molecule has 7 nitrogen and oxygen atoms in total. The quantitative estimate of drug-likeness (QED) is 0.752. The number of aromatic nitrogens is 2. The van der Waals surface area contributed by atoms with Crippen molar-refractivity contribution in [1.82, 2.24) is 15.1 Å². The third kappa shape index (κ3) is 3.72. The smallest absolute Gasteiger partial charge is 0.328 e. The molecule has 0 bridgehead atoms. The van der Waals surface area contributed by atoms with E-state index in [0.717, 1.165) is 0 Å². The van der Waals surface area contributed by atoms with Crippen LogP contribution in [0.3, 0.4) is 0 Å². The molecule has 1 unspecified atom stereocenters. The fourth-order valence-corrected chi connectivity index (χ4v) is 1.94. The molecule has 0 saturated carbocycles. The number of anilines is 1. The molecule has 1 atom stereocenters. The zero-order chi connectivity index (χ0) is 15.3. The zero-order valence-corrected chi connectivity index (χ0v) is 12.3. The Bertz CT molecular complexity index is 482. The topological polar surface area (TPSA) is 99.2 Å². The summed E-state index contributed by atoms with van der Waals surface area (Å²) >= 11 is 0. The molecule has 0 aliphatic rings. The summed E-state index contributed by atoms with van der Waals surface area (Å²) in [6, 6.07) is -0.688. The lowest BCUT2D eigenvalue weighted by molar-refractivity contribution is -0.143.